The molecule has 7 N–H and O–H groups in total. The third-order valence-electron chi connectivity index (χ3n) is 2.63. The van der Waals surface area contributed by atoms with E-state index in [1.807, 2.05) is 0 Å². The first kappa shape index (κ1) is 17.8. The van der Waals surface area contributed by atoms with Crippen LogP contribution in [0, 0.1) is 5.41 Å². The predicted molar refractivity (Wildman–Crippen MR) is 55.4 cm³/mol. The lowest BCUT2D eigenvalue weighted by molar-refractivity contribution is -0.289. The molecule has 0 aromatic carbocycles. The minimum atomic E-state index is -4.03. The van der Waals surface area contributed by atoms with Gasteiger partial charge in [-0.05, 0) is 0 Å². The molecule has 1 atom stereocenters. The van der Waals surface area contributed by atoms with Gasteiger partial charge in [-0.15, -0.1) is 0 Å². The summed E-state index contributed by atoms with van der Waals surface area (Å²) in [6.45, 7) is 0. The second-order valence-electron chi connectivity index (χ2n) is 4.00. The van der Waals surface area contributed by atoms with Crippen molar-refractivity contribution in [1.82, 2.24) is 0 Å². The third kappa shape index (κ3) is 3.20. The molecule has 0 bridgehead atoms. The molecule has 0 aliphatic carbocycles. The normalized spacial score (nSPS) is 13.6. The lowest BCUT2D eigenvalue weighted by Gasteiger charge is -2.39. The summed E-state index contributed by atoms with van der Waals surface area (Å²) in [7, 11) is 0. The van der Waals surface area contributed by atoms with Crippen LogP contribution in [-0.4, -0.2) is 71.5 Å². The molecule has 11 nitrogen and oxygen atoms in total. The van der Waals surface area contributed by atoms with Gasteiger partial charge in [0.2, 0.25) is 11.9 Å². The zero-order valence-corrected chi connectivity index (χ0v) is 9.76. The Morgan fingerprint density at radius 1 is 0.850 bits per heavy atom. The monoisotopic (exact) mass is 296 g/mol. The average molecular weight is 296 g/mol. The van der Waals surface area contributed by atoms with Crippen molar-refractivity contribution in [2.45, 2.75) is 24.7 Å². The Morgan fingerprint density at radius 2 is 1.20 bits per heavy atom. The van der Waals surface area contributed by atoms with E-state index in [0.29, 0.717) is 0 Å². The third-order valence-corrected chi connectivity index (χ3v) is 2.63. The molecule has 0 aliphatic rings. The number of hydrogen-bond donors (Lipinski definition) is 7. The summed E-state index contributed by atoms with van der Waals surface area (Å²) in [6, 6.07) is 0. The Morgan fingerprint density at radius 3 is 1.40 bits per heavy atom. The first-order valence-corrected chi connectivity index (χ1v) is 4.91. The van der Waals surface area contributed by atoms with E-state index in [4.69, 9.17) is 25.5 Å². The molecule has 0 saturated carbocycles. The number of aliphatic hydroxyl groups is 3. The van der Waals surface area contributed by atoms with Gasteiger partial charge in [0.05, 0.1) is 12.8 Å². The fraction of sp³-hybridized carbons (Fsp3) is 0.556. The molecule has 0 amide bonds. The van der Waals surface area contributed by atoms with E-state index < -0.39 is 54.0 Å². The van der Waals surface area contributed by atoms with Gasteiger partial charge in [0.25, 0.3) is 0 Å². The van der Waals surface area contributed by atoms with Crippen LogP contribution < -0.4 is 0 Å². The van der Waals surface area contributed by atoms with E-state index in [-0.39, 0.29) is 0 Å². The van der Waals surface area contributed by atoms with Crippen LogP contribution in [0.5, 0.6) is 0 Å². The number of carboxylic acids is 4. The Hall–Kier alpha value is -2.24. The van der Waals surface area contributed by atoms with Crippen LogP contribution >= 0.6 is 0 Å². The standard InChI is InChI=1S/C9H12O11/c10-3(11)1-8(7(17)18,2-4(12)13)9(19,20)5(14)6(15)16/h5,14,19-20H,1-2H2,(H,10,11)(H,12,13)(H,15,16)(H,17,18). The lowest BCUT2D eigenvalue weighted by Crippen LogP contribution is -2.63. The molecule has 0 fully saturated rings. The van der Waals surface area contributed by atoms with Crippen LogP contribution in [0.2, 0.25) is 0 Å². The summed E-state index contributed by atoms with van der Waals surface area (Å²) in [5, 5.41) is 62.8. The average Bonchev–Trinajstić information content (AvgIpc) is 2.24. The van der Waals surface area contributed by atoms with Gasteiger partial charge >= 0.3 is 23.9 Å². The van der Waals surface area contributed by atoms with Crippen molar-refractivity contribution in [3.63, 3.8) is 0 Å². The minimum Gasteiger partial charge on any atom is -0.481 e. The van der Waals surface area contributed by atoms with Crippen LogP contribution in [-0.2, 0) is 19.2 Å². The van der Waals surface area contributed by atoms with Crippen molar-refractivity contribution in [2.24, 2.45) is 5.41 Å². The van der Waals surface area contributed by atoms with Crippen LogP contribution in [0.15, 0.2) is 0 Å². The van der Waals surface area contributed by atoms with Crippen molar-refractivity contribution in [1.29, 1.82) is 0 Å². The van der Waals surface area contributed by atoms with Crippen molar-refractivity contribution in [3.8, 4) is 0 Å². The molecular formula is C9H12O11. The highest BCUT2D eigenvalue weighted by Gasteiger charge is 2.63. The quantitative estimate of drug-likeness (QED) is 0.226. The fourth-order valence-electron chi connectivity index (χ4n) is 1.58. The topological polar surface area (TPSA) is 210 Å². The molecular weight excluding hydrogens is 284 g/mol. The zero-order chi connectivity index (χ0) is 16.3. The molecule has 1 unspecified atom stereocenters. The summed E-state index contributed by atoms with van der Waals surface area (Å²) in [5.41, 5.74) is -3.36. The van der Waals surface area contributed by atoms with Crippen molar-refractivity contribution in [2.75, 3.05) is 0 Å². The van der Waals surface area contributed by atoms with Gasteiger partial charge in [-0.2, -0.15) is 0 Å². The van der Waals surface area contributed by atoms with Crippen molar-refractivity contribution >= 4 is 23.9 Å². The SMILES string of the molecule is O=C(O)CC(CC(=O)O)(C(=O)O)C(O)(O)C(O)C(=O)O. The van der Waals surface area contributed by atoms with Crippen molar-refractivity contribution in [3.05, 3.63) is 0 Å². The molecule has 0 radical (unpaired) electrons. The fourth-order valence-corrected chi connectivity index (χ4v) is 1.58. The maximum atomic E-state index is 11.1. The second kappa shape index (κ2) is 5.81. The van der Waals surface area contributed by atoms with Gasteiger partial charge in [0.15, 0.2) is 0 Å². The summed E-state index contributed by atoms with van der Waals surface area (Å²) in [4.78, 5) is 42.9. The number of hydrogen-bond acceptors (Lipinski definition) is 7. The Balaban J connectivity index is 6.05. The number of carbonyl (C=O) groups is 4. The number of aliphatic carboxylic acids is 4. The molecule has 20 heavy (non-hydrogen) atoms. The summed E-state index contributed by atoms with van der Waals surface area (Å²) < 4.78 is 0. The van der Waals surface area contributed by atoms with E-state index in [1.54, 1.807) is 0 Å². The van der Waals surface area contributed by atoms with Crippen LogP contribution in [0.25, 0.3) is 0 Å². The highest BCUT2D eigenvalue weighted by atomic mass is 16.5. The summed E-state index contributed by atoms with van der Waals surface area (Å²) >= 11 is 0. The Kier molecular flexibility index (Phi) is 5.16. The van der Waals surface area contributed by atoms with E-state index in [9.17, 15) is 29.4 Å². The summed E-state index contributed by atoms with van der Waals surface area (Å²) in [5.74, 6) is -12.5. The van der Waals surface area contributed by atoms with E-state index in [0.717, 1.165) is 0 Å². The second-order valence-corrected chi connectivity index (χ2v) is 4.00. The number of carboxylic acid groups (broad SMARTS) is 4. The first-order valence-electron chi connectivity index (χ1n) is 4.91. The van der Waals surface area contributed by atoms with E-state index >= 15 is 0 Å². The van der Waals surface area contributed by atoms with Gasteiger partial charge in [-0.25, -0.2) is 4.79 Å². The van der Waals surface area contributed by atoms with Gasteiger partial charge in [0, 0.05) is 0 Å². The highest BCUT2D eigenvalue weighted by Crippen LogP contribution is 2.40. The molecule has 0 rings (SSSR count). The Labute approximate surface area is 110 Å². The lowest BCUT2D eigenvalue weighted by atomic mass is 9.71. The van der Waals surface area contributed by atoms with Crippen molar-refractivity contribution < 1.29 is 54.9 Å². The van der Waals surface area contributed by atoms with Crippen LogP contribution in [0.1, 0.15) is 12.8 Å². The molecule has 11 heteroatoms. The molecule has 0 heterocycles. The smallest absolute Gasteiger partial charge is 0.338 e. The summed E-state index contributed by atoms with van der Waals surface area (Å²) in [6.07, 6.45) is -6.39. The molecule has 0 spiro atoms. The van der Waals surface area contributed by atoms with E-state index in [1.165, 1.54) is 0 Å². The molecule has 0 aliphatic heterocycles. The van der Waals surface area contributed by atoms with Crippen LogP contribution in [0.3, 0.4) is 0 Å². The van der Waals surface area contributed by atoms with Gasteiger partial charge in [0.1, 0.15) is 5.41 Å². The van der Waals surface area contributed by atoms with Gasteiger partial charge in [-0.3, -0.25) is 14.4 Å². The minimum absolute atomic E-state index is 1.63. The molecule has 0 aromatic heterocycles. The maximum Gasteiger partial charge on any atom is 0.338 e. The molecule has 0 saturated heterocycles. The molecule has 114 valence electrons. The Bertz CT molecular complexity index is 421. The van der Waals surface area contributed by atoms with Gasteiger partial charge < -0.3 is 35.7 Å². The van der Waals surface area contributed by atoms with Gasteiger partial charge in [-0.1, -0.05) is 0 Å². The predicted octanol–water partition coefficient (Wildman–Crippen LogP) is -2.87. The number of aliphatic hydroxyl groups excluding tert-OH is 1. The number of rotatable bonds is 8. The zero-order valence-electron chi connectivity index (χ0n) is 9.76. The largest absolute Gasteiger partial charge is 0.481 e. The van der Waals surface area contributed by atoms with Crippen LogP contribution in [0.4, 0.5) is 0 Å². The van der Waals surface area contributed by atoms with E-state index in [2.05, 4.69) is 0 Å². The maximum absolute atomic E-state index is 11.1. The highest BCUT2D eigenvalue weighted by molar-refractivity contribution is 5.88. The first-order chi connectivity index (χ1) is 8.88. The molecule has 0 aromatic rings.